The first-order chi connectivity index (χ1) is 12.0. The fraction of sp³-hybridized carbons (Fsp3) is 0.818. The van der Waals surface area contributed by atoms with Crippen LogP contribution in [0.1, 0.15) is 74.7 Å². The van der Waals surface area contributed by atoms with E-state index in [0.717, 1.165) is 12.8 Å². The maximum absolute atomic E-state index is 13.2. The highest BCUT2D eigenvalue weighted by atomic mass is 28.4. The van der Waals surface area contributed by atoms with Gasteiger partial charge < -0.3 is 9.16 Å². The molecule has 0 aromatic carbocycles. The van der Waals surface area contributed by atoms with Gasteiger partial charge >= 0.3 is 5.97 Å². The maximum Gasteiger partial charge on any atom is 0.317 e. The molecule has 0 aliphatic heterocycles. The Bertz CT molecular complexity index is 578. The molecule has 5 heteroatoms. The van der Waals surface area contributed by atoms with Crippen LogP contribution in [0, 0.1) is 11.8 Å². The summed E-state index contributed by atoms with van der Waals surface area (Å²) in [6, 6.07) is 0. The third kappa shape index (κ3) is 6.86. The van der Waals surface area contributed by atoms with Crippen molar-refractivity contribution in [3.8, 4) is 0 Å². The van der Waals surface area contributed by atoms with Crippen molar-refractivity contribution < 1.29 is 18.8 Å². The van der Waals surface area contributed by atoms with E-state index in [4.69, 9.17) is 9.16 Å². The van der Waals surface area contributed by atoms with E-state index in [2.05, 4.69) is 40.8 Å². The van der Waals surface area contributed by atoms with E-state index in [0.29, 0.717) is 6.42 Å². The van der Waals surface area contributed by atoms with Crippen molar-refractivity contribution in [1.29, 1.82) is 0 Å². The van der Waals surface area contributed by atoms with E-state index in [1.54, 1.807) is 0 Å². The third-order valence-electron chi connectivity index (χ3n) is 5.82. The summed E-state index contributed by atoms with van der Waals surface area (Å²) in [5, 5.41) is 0.0731. The van der Waals surface area contributed by atoms with Crippen molar-refractivity contribution in [2.45, 2.75) is 104 Å². The van der Waals surface area contributed by atoms with E-state index < -0.39 is 25.8 Å². The largest absolute Gasteiger partial charge is 0.459 e. The molecule has 0 saturated carbocycles. The Hall–Kier alpha value is -0.943. The summed E-state index contributed by atoms with van der Waals surface area (Å²) >= 11 is 0. The minimum atomic E-state index is -2.02. The second-order valence-corrected chi connectivity index (χ2v) is 15.3. The number of esters is 1. The number of allylic oxidation sites excluding steroid dienone is 2. The van der Waals surface area contributed by atoms with E-state index in [1.165, 1.54) is 5.57 Å². The van der Waals surface area contributed by atoms with Gasteiger partial charge in [-0.1, -0.05) is 39.3 Å². The van der Waals surface area contributed by atoms with Gasteiger partial charge in [-0.25, -0.2) is 0 Å². The summed E-state index contributed by atoms with van der Waals surface area (Å²) in [5.74, 6) is -1.55. The predicted octanol–water partition coefficient (Wildman–Crippen LogP) is 5.67. The number of hydrogen-bond donors (Lipinski definition) is 0. The number of Topliss-reactive ketones (excluding diaryl/α,β-unsaturated/α-hetero) is 1. The van der Waals surface area contributed by atoms with Gasteiger partial charge in [0, 0.05) is 5.92 Å². The molecular weight excluding hydrogens is 356 g/mol. The van der Waals surface area contributed by atoms with Crippen LogP contribution in [-0.2, 0) is 18.8 Å². The van der Waals surface area contributed by atoms with Gasteiger partial charge in [-0.2, -0.15) is 0 Å². The molecular formula is C22H40O4Si. The summed E-state index contributed by atoms with van der Waals surface area (Å²) in [6.45, 7) is 20.5. The normalized spacial score (nSPS) is 27.9. The zero-order valence-corrected chi connectivity index (χ0v) is 20.1. The van der Waals surface area contributed by atoms with Crippen molar-refractivity contribution >= 4 is 20.1 Å². The molecule has 0 heterocycles. The second kappa shape index (κ2) is 8.60. The molecule has 27 heavy (non-hydrogen) atoms. The SMILES string of the molecule is C/C1=C/CC(C(=O)OC(C)(C)C)C(=O)[C@H](C)[C@@H](O[Si](C)(C)C(C)(C)C)CC1. The third-order valence-corrected chi connectivity index (χ3v) is 10.3. The maximum atomic E-state index is 13.2. The van der Waals surface area contributed by atoms with Gasteiger partial charge in [-0.15, -0.1) is 0 Å². The predicted molar refractivity (Wildman–Crippen MR) is 113 cm³/mol. The van der Waals surface area contributed by atoms with Crippen LogP contribution in [0.15, 0.2) is 11.6 Å². The van der Waals surface area contributed by atoms with Gasteiger partial charge in [0.25, 0.3) is 0 Å². The Labute approximate surface area is 167 Å². The number of ether oxygens (including phenoxy) is 1. The quantitative estimate of drug-likeness (QED) is 0.267. The Morgan fingerprint density at radius 2 is 1.70 bits per heavy atom. The summed E-state index contributed by atoms with van der Waals surface area (Å²) < 4.78 is 12.2. The molecule has 1 aliphatic rings. The molecule has 0 bridgehead atoms. The molecule has 0 radical (unpaired) electrons. The molecule has 156 valence electrons. The lowest BCUT2D eigenvalue weighted by molar-refractivity contribution is -0.163. The standard InChI is InChI=1S/C22H40O4Si/c1-15-11-13-17(20(24)25-21(3,4)5)19(23)16(2)18(14-12-15)26-27(9,10)22(6,7)8/h11,16-18H,12-14H2,1-10H3/b15-11-/t16-,17?,18+/m1/s1. The van der Waals surface area contributed by atoms with Crippen molar-refractivity contribution in [2.24, 2.45) is 11.8 Å². The van der Waals surface area contributed by atoms with Crippen LogP contribution in [0.3, 0.4) is 0 Å². The summed E-state index contributed by atoms with van der Waals surface area (Å²) in [4.78, 5) is 25.9. The van der Waals surface area contributed by atoms with Gasteiger partial charge in [0.15, 0.2) is 14.1 Å². The topological polar surface area (TPSA) is 52.6 Å². The monoisotopic (exact) mass is 396 g/mol. The van der Waals surface area contributed by atoms with Crippen LogP contribution in [-0.4, -0.2) is 31.8 Å². The lowest BCUT2D eigenvalue weighted by Crippen LogP contribution is -2.47. The minimum absolute atomic E-state index is 0.0566. The summed E-state index contributed by atoms with van der Waals surface area (Å²) in [7, 11) is -2.02. The zero-order chi connectivity index (χ0) is 21.2. The van der Waals surface area contributed by atoms with Crippen LogP contribution in [0.5, 0.6) is 0 Å². The fourth-order valence-corrected chi connectivity index (χ4v) is 4.39. The fourth-order valence-electron chi connectivity index (χ4n) is 2.96. The molecule has 0 amide bonds. The molecule has 1 rings (SSSR count). The van der Waals surface area contributed by atoms with Crippen LogP contribution >= 0.6 is 0 Å². The zero-order valence-electron chi connectivity index (χ0n) is 19.1. The van der Waals surface area contributed by atoms with Crippen molar-refractivity contribution in [3.63, 3.8) is 0 Å². The first-order valence-electron chi connectivity index (χ1n) is 10.2. The van der Waals surface area contributed by atoms with Gasteiger partial charge in [0.1, 0.15) is 11.5 Å². The molecule has 0 spiro atoms. The van der Waals surface area contributed by atoms with E-state index in [-0.39, 0.29) is 22.8 Å². The van der Waals surface area contributed by atoms with E-state index in [9.17, 15) is 9.59 Å². The van der Waals surface area contributed by atoms with Crippen LogP contribution < -0.4 is 0 Å². The molecule has 1 aliphatic carbocycles. The molecule has 0 N–H and O–H groups in total. The number of carbonyl (C=O) groups excluding carboxylic acids is 2. The lowest BCUT2D eigenvalue weighted by Gasteiger charge is -2.41. The summed E-state index contributed by atoms with van der Waals surface area (Å²) in [6.07, 6.45) is 3.97. The molecule has 0 aromatic heterocycles. The van der Waals surface area contributed by atoms with E-state index in [1.807, 2.05) is 33.8 Å². The van der Waals surface area contributed by atoms with Crippen LogP contribution in [0.2, 0.25) is 18.1 Å². The highest BCUT2D eigenvalue weighted by molar-refractivity contribution is 6.74. The van der Waals surface area contributed by atoms with E-state index >= 15 is 0 Å². The number of carbonyl (C=O) groups is 2. The highest BCUT2D eigenvalue weighted by Gasteiger charge is 2.43. The molecule has 1 unspecified atom stereocenters. The average Bonchev–Trinajstić information content (AvgIpc) is 2.51. The first kappa shape index (κ1) is 24.1. The Morgan fingerprint density at radius 1 is 1.15 bits per heavy atom. The lowest BCUT2D eigenvalue weighted by atomic mass is 9.87. The van der Waals surface area contributed by atoms with Gasteiger partial charge in [-0.3, -0.25) is 9.59 Å². The highest BCUT2D eigenvalue weighted by Crippen LogP contribution is 2.39. The van der Waals surface area contributed by atoms with Crippen molar-refractivity contribution in [1.82, 2.24) is 0 Å². The smallest absolute Gasteiger partial charge is 0.317 e. The second-order valence-electron chi connectivity index (χ2n) is 10.5. The molecule has 0 saturated heterocycles. The Balaban J connectivity index is 3.14. The van der Waals surface area contributed by atoms with Crippen LogP contribution in [0.4, 0.5) is 0 Å². The Kier molecular flexibility index (Phi) is 7.68. The molecule has 4 nitrogen and oxygen atoms in total. The number of ketones is 1. The molecule has 3 atom stereocenters. The number of rotatable bonds is 3. The average molecular weight is 397 g/mol. The molecule has 0 aromatic rings. The van der Waals surface area contributed by atoms with Crippen LogP contribution in [0.25, 0.3) is 0 Å². The van der Waals surface area contributed by atoms with Gasteiger partial charge in [-0.05, 0) is 65.1 Å². The van der Waals surface area contributed by atoms with Gasteiger partial charge in [0.2, 0.25) is 0 Å². The van der Waals surface area contributed by atoms with Crippen molar-refractivity contribution in [2.75, 3.05) is 0 Å². The van der Waals surface area contributed by atoms with Gasteiger partial charge in [0.05, 0.1) is 6.10 Å². The Morgan fingerprint density at radius 3 is 2.19 bits per heavy atom. The molecule has 0 fully saturated rings. The minimum Gasteiger partial charge on any atom is -0.459 e. The van der Waals surface area contributed by atoms with Crippen molar-refractivity contribution in [3.05, 3.63) is 11.6 Å². The number of hydrogen-bond acceptors (Lipinski definition) is 4. The first-order valence-corrected chi connectivity index (χ1v) is 13.1. The summed E-state index contributed by atoms with van der Waals surface area (Å²) in [5.41, 5.74) is 0.601.